The van der Waals surface area contributed by atoms with Crippen LogP contribution in [0.4, 0.5) is 0 Å². The van der Waals surface area contributed by atoms with E-state index in [4.69, 9.17) is 27.0 Å². The predicted octanol–water partition coefficient (Wildman–Crippen LogP) is 4.17. The molecule has 7 heteroatoms. The topological polar surface area (TPSA) is 60.4 Å². The van der Waals surface area contributed by atoms with Crippen molar-refractivity contribution in [2.45, 2.75) is 38.5 Å². The van der Waals surface area contributed by atoms with Gasteiger partial charge in [-0.3, -0.25) is 0 Å². The molecule has 0 aromatic heterocycles. The molecule has 0 bridgehead atoms. The van der Waals surface area contributed by atoms with Gasteiger partial charge in [0.2, 0.25) is 0 Å². The fraction of sp³-hybridized carbons (Fsp3) is 0.500. The molecular formula is C14H18Cl2O4S. The molecule has 0 saturated heterocycles. The molecule has 1 aromatic carbocycles. The lowest BCUT2D eigenvalue weighted by Gasteiger charge is -2.13. The number of halogens is 2. The minimum Gasteiger partial charge on any atom is -0.462 e. The van der Waals surface area contributed by atoms with Gasteiger partial charge in [0.05, 0.1) is 17.1 Å². The van der Waals surface area contributed by atoms with Crippen molar-refractivity contribution in [1.29, 1.82) is 0 Å². The number of hydrogen-bond acceptors (Lipinski definition) is 4. The van der Waals surface area contributed by atoms with Crippen molar-refractivity contribution < 1.29 is 17.9 Å². The number of ether oxygens (including phenoxy) is 1. The standard InChI is InChI=1S/C14H18Cl2O4S/c1-4-5-9(2)8-20-14(17)12-6-11(21(16,18)19)7-13(15)10(12)3/h6-7,9H,4-5,8H2,1-3H3. The molecule has 0 spiro atoms. The van der Waals surface area contributed by atoms with Crippen LogP contribution in [0.3, 0.4) is 0 Å². The highest BCUT2D eigenvalue weighted by Crippen LogP contribution is 2.27. The van der Waals surface area contributed by atoms with Crippen molar-refractivity contribution in [3.8, 4) is 0 Å². The van der Waals surface area contributed by atoms with Crippen molar-refractivity contribution in [2.75, 3.05) is 6.61 Å². The average molecular weight is 353 g/mol. The Kier molecular flexibility index (Phi) is 6.50. The Bertz CT molecular complexity index is 626. The predicted molar refractivity (Wildman–Crippen MR) is 83.6 cm³/mol. The lowest BCUT2D eigenvalue weighted by Crippen LogP contribution is -2.14. The van der Waals surface area contributed by atoms with Gasteiger partial charge in [0.15, 0.2) is 0 Å². The zero-order valence-corrected chi connectivity index (χ0v) is 14.5. The van der Waals surface area contributed by atoms with Crippen molar-refractivity contribution in [2.24, 2.45) is 5.92 Å². The molecule has 21 heavy (non-hydrogen) atoms. The maximum atomic E-state index is 12.1. The molecule has 0 saturated carbocycles. The van der Waals surface area contributed by atoms with E-state index >= 15 is 0 Å². The number of carbonyl (C=O) groups is 1. The fourth-order valence-corrected chi connectivity index (χ4v) is 2.95. The molecule has 4 nitrogen and oxygen atoms in total. The van der Waals surface area contributed by atoms with Gasteiger partial charge in [-0.25, -0.2) is 13.2 Å². The highest BCUT2D eigenvalue weighted by atomic mass is 35.7. The molecule has 0 radical (unpaired) electrons. The van der Waals surface area contributed by atoms with E-state index < -0.39 is 15.0 Å². The Morgan fingerprint density at radius 3 is 2.52 bits per heavy atom. The van der Waals surface area contributed by atoms with E-state index in [-0.39, 0.29) is 28.0 Å². The molecule has 0 amide bonds. The van der Waals surface area contributed by atoms with Gasteiger partial charge in [-0.2, -0.15) is 0 Å². The third kappa shape index (κ3) is 5.16. The Hall–Kier alpha value is -0.780. The summed E-state index contributed by atoms with van der Waals surface area (Å²) in [7, 11) is 1.33. The maximum Gasteiger partial charge on any atom is 0.338 e. The first-order chi connectivity index (χ1) is 9.66. The van der Waals surface area contributed by atoms with Gasteiger partial charge in [-0.15, -0.1) is 0 Å². The van der Waals surface area contributed by atoms with Crippen LogP contribution in [0.15, 0.2) is 17.0 Å². The van der Waals surface area contributed by atoms with E-state index in [0.717, 1.165) is 12.8 Å². The van der Waals surface area contributed by atoms with Gasteiger partial charge in [0.1, 0.15) is 0 Å². The quantitative estimate of drug-likeness (QED) is 0.569. The first-order valence-corrected chi connectivity index (χ1v) is 9.27. The Morgan fingerprint density at radius 1 is 1.38 bits per heavy atom. The Balaban J connectivity index is 3.01. The summed E-state index contributed by atoms with van der Waals surface area (Å²) < 4.78 is 28.0. The van der Waals surface area contributed by atoms with E-state index in [1.807, 2.05) is 6.92 Å². The molecule has 0 fully saturated rings. The molecule has 0 N–H and O–H groups in total. The Morgan fingerprint density at radius 2 is 2.00 bits per heavy atom. The molecule has 118 valence electrons. The summed E-state index contributed by atoms with van der Waals surface area (Å²) in [4.78, 5) is 11.9. The number of benzene rings is 1. The minimum absolute atomic E-state index is 0.116. The highest BCUT2D eigenvalue weighted by Gasteiger charge is 2.20. The molecule has 1 aromatic rings. The maximum absolute atomic E-state index is 12.1. The average Bonchev–Trinajstić information content (AvgIpc) is 2.38. The third-order valence-corrected chi connectivity index (χ3v) is 4.83. The summed E-state index contributed by atoms with van der Waals surface area (Å²) in [6.45, 7) is 5.94. The summed E-state index contributed by atoms with van der Waals surface area (Å²) in [6.07, 6.45) is 1.95. The van der Waals surface area contributed by atoms with E-state index in [2.05, 4.69) is 6.92 Å². The van der Waals surface area contributed by atoms with Crippen molar-refractivity contribution in [3.63, 3.8) is 0 Å². The van der Waals surface area contributed by atoms with Crippen LogP contribution in [0.25, 0.3) is 0 Å². The second-order valence-corrected chi connectivity index (χ2v) is 7.98. The zero-order valence-electron chi connectivity index (χ0n) is 12.2. The van der Waals surface area contributed by atoms with Crippen LogP contribution in [-0.2, 0) is 13.8 Å². The van der Waals surface area contributed by atoms with Crippen LogP contribution < -0.4 is 0 Å². The lowest BCUT2D eigenvalue weighted by atomic mass is 10.1. The van der Waals surface area contributed by atoms with Gasteiger partial charge < -0.3 is 4.74 Å². The van der Waals surface area contributed by atoms with Gasteiger partial charge in [-0.1, -0.05) is 31.9 Å². The van der Waals surface area contributed by atoms with Crippen LogP contribution in [0, 0.1) is 12.8 Å². The first kappa shape index (κ1) is 18.3. The van der Waals surface area contributed by atoms with E-state index in [1.54, 1.807) is 6.92 Å². The van der Waals surface area contributed by atoms with E-state index in [1.165, 1.54) is 12.1 Å². The molecule has 0 aliphatic rings. The highest BCUT2D eigenvalue weighted by molar-refractivity contribution is 8.13. The van der Waals surface area contributed by atoms with E-state index in [0.29, 0.717) is 5.56 Å². The van der Waals surface area contributed by atoms with Crippen LogP contribution in [-0.4, -0.2) is 21.0 Å². The summed E-state index contributed by atoms with van der Waals surface area (Å²) in [5, 5.41) is 0.158. The second-order valence-electron chi connectivity index (χ2n) is 5.01. The van der Waals surface area contributed by atoms with Gasteiger partial charge in [-0.05, 0) is 37.0 Å². The molecule has 0 aliphatic carbocycles. The number of carbonyl (C=O) groups excluding carboxylic acids is 1. The van der Waals surface area contributed by atoms with Crippen molar-refractivity contribution in [3.05, 3.63) is 28.3 Å². The Labute approximate surface area is 134 Å². The van der Waals surface area contributed by atoms with Crippen LogP contribution in [0.5, 0.6) is 0 Å². The summed E-state index contributed by atoms with van der Waals surface area (Å²) in [5.41, 5.74) is 0.583. The normalized spacial score (nSPS) is 13.0. The summed E-state index contributed by atoms with van der Waals surface area (Å²) in [6, 6.07) is 2.41. The van der Waals surface area contributed by atoms with Crippen molar-refractivity contribution in [1.82, 2.24) is 0 Å². The smallest absolute Gasteiger partial charge is 0.338 e. The van der Waals surface area contributed by atoms with Gasteiger partial charge >= 0.3 is 5.97 Å². The molecule has 0 aliphatic heterocycles. The van der Waals surface area contributed by atoms with Crippen LogP contribution in [0.2, 0.25) is 5.02 Å². The zero-order chi connectivity index (χ0) is 16.2. The number of rotatable bonds is 6. The minimum atomic E-state index is -3.96. The molecule has 1 atom stereocenters. The van der Waals surface area contributed by atoms with Crippen molar-refractivity contribution >= 4 is 37.3 Å². The number of hydrogen-bond donors (Lipinski definition) is 0. The van der Waals surface area contributed by atoms with Gasteiger partial charge in [0, 0.05) is 15.7 Å². The van der Waals surface area contributed by atoms with Gasteiger partial charge in [0.25, 0.3) is 9.05 Å². The second kappa shape index (κ2) is 7.47. The molecule has 1 unspecified atom stereocenters. The monoisotopic (exact) mass is 352 g/mol. The third-order valence-electron chi connectivity index (χ3n) is 3.10. The lowest BCUT2D eigenvalue weighted by molar-refractivity contribution is 0.0442. The van der Waals surface area contributed by atoms with E-state index in [9.17, 15) is 13.2 Å². The summed E-state index contributed by atoms with van der Waals surface area (Å²) >= 11 is 5.95. The molecular weight excluding hydrogens is 335 g/mol. The van der Waals surface area contributed by atoms with Crippen LogP contribution in [0.1, 0.15) is 42.6 Å². The summed E-state index contributed by atoms with van der Waals surface area (Å²) in [5.74, 6) is -0.353. The fourth-order valence-electron chi connectivity index (χ4n) is 1.88. The largest absolute Gasteiger partial charge is 0.462 e. The SMILES string of the molecule is CCCC(C)COC(=O)c1cc(S(=O)(=O)Cl)cc(Cl)c1C. The first-order valence-electron chi connectivity index (χ1n) is 6.58. The molecule has 0 heterocycles. The van der Waals surface area contributed by atoms with Crippen LogP contribution >= 0.6 is 22.3 Å². The number of esters is 1. The molecule has 1 rings (SSSR count).